The van der Waals surface area contributed by atoms with Crippen molar-refractivity contribution >= 4 is 11.3 Å². The van der Waals surface area contributed by atoms with E-state index < -0.39 is 0 Å². The van der Waals surface area contributed by atoms with Crippen LogP contribution < -0.4 is 5.73 Å². The molecule has 1 atom stereocenters. The molecule has 1 heterocycles. The quantitative estimate of drug-likeness (QED) is 0.866. The van der Waals surface area contributed by atoms with Gasteiger partial charge >= 0.3 is 0 Å². The molecule has 1 aliphatic carbocycles. The van der Waals surface area contributed by atoms with Crippen molar-refractivity contribution < 1.29 is 0 Å². The highest BCUT2D eigenvalue weighted by molar-refractivity contribution is 7.12. The van der Waals surface area contributed by atoms with Crippen molar-refractivity contribution in [3.05, 3.63) is 56.3 Å². The maximum Gasteiger partial charge on any atom is 0.0648 e. The third-order valence-electron chi connectivity index (χ3n) is 4.08. The number of hydrogen-bond acceptors (Lipinski definition) is 2. The molecule has 100 valence electrons. The van der Waals surface area contributed by atoms with Gasteiger partial charge in [0.1, 0.15) is 0 Å². The molecule has 2 aromatic rings. The molecule has 0 spiro atoms. The van der Waals surface area contributed by atoms with Crippen LogP contribution in [0, 0.1) is 13.8 Å². The van der Waals surface area contributed by atoms with Crippen LogP contribution >= 0.6 is 11.3 Å². The summed E-state index contributed by atoms with van der Waals surface area (Å²) in [6, 6.07) is 8.96. The van der Waals surface area contributed by atoms with Crippen molar-refractivity contribution in [2.75, 3.05) is 0 Å². The van der Waals surface area contributed by atoms with Crippen LogP contribution in [0.5, 0.6) is 0 Å². The Bertz CT molecular complexity index is 574. The monoisotopic (exact) mass is 271 g/mol. The summed E-state index contributed by atoms with van der Waals surface area (Å²) in [7, 11) is 0. The van der Waals surface area contributed by atoms with E-state index in [1.807, 2.05) is 11.3 Å². The van der Waals surface area contributed by atoms with Gasteiger partial charge < -0.3 is 5.73 Å². The largest absolute Gasteiger partial charge is 0.320 e. The summed E-state index contributed by atoms with van der Waals surface area (Å²) in [4.78, 5) is 2.90. The lowest BCUT2D eigenvalue weighted by atomic mass is 9.96. The fraction of sp³-hybridized carbons (Fsp3) is 0.412. The Hall–Kier alpha value is -1.12. The molecular weight excluding hydrogens is 250 g/mol. The van der Waals surface area contributed by atoms with Gasteiger partial charge in [-0.05, 0) is 62.3 Å². The third kappa shape index (κ3) is 2.47. The van der Waals surface area contributed by atoms with Gasteiger partial charge in [0.2, 0.25) is 0 Å². The number of hydrogen-bond donors (Lipinski definition) is 1. The first kappa shape index (κ1) is 12.9. The predicted octanol–water partition coefficient (Wildman–Crippen LogP) is 4.29. The molecule has 0 radical (unpaired) electrons. The van der Waals surface area contributed by atoms with Crippen LogP contribution in [0.1, 0.15) is 50.9 Å². The fourth-order valence-corrected chi connectivity index (χ4v) is 4.27. The van der Waals surface area contributed by atoms with Crippen LogP contribution in [0.3, 0.4) is 0 Å². The number of nitrogens with two attached hydrogens (primary N) is 1. The Morgan fingerprint density at radius 3 is 2.63 bits per heavy atom. The van der Waals surface area contributed by atoms with Crippen molar-refractivity contribution in [3.8, 4) is 0 Å². The van der Waals surface area contributed by atoms with Crippen molar-refractivity contribution in [2.24, 2.45) is 5.73 Å². The summed E-state index contributed by atoms with van der Waals surface area (Å²) in [6.45, 7) is 4.29. The average Bonchev–Trinajstić information content (AvgIpc) is 2.81. The minimum Gasteiger partial charge on any atom is -0.320 e. The number of aryl methyl sites for hydroxylation is 4. The predicted molar refractivity (Wildman–Crippen MR) is 82.9 cm³/mol. The van der Waals surface area contributed by atoms with E-state index >= 15 is 0 Å². The van der Waals surface area contributed by atoms with Crippen LogP contribution in [0.25, 0.3) is 0 Å². The van der Waals surface area contributed by atoms with Gasteiger partial charge in [0.15, 0.2) is 0 Å². The Morgan fingerprint density at radius 1 is 1.11 bits per heavy atom. The van der Waals surface area contributed by atoms with Crippen LogP contribution in [0.2, 0.25) is 0 Å². The highest BCUT2D eigenvalue weighted by Crippen LogP contribution is 2.35. The Morgan fingerprint density at radius 2 is 1.89 bits per heavy atom. The van der Waals surface area contributed by atoms with E-state index in [9.17, 15) is 0 Å². The van der Waals surface area contributed by atoms with Crippen LogP contribution in [-0.4, -0.2) is 0 Å². The molecule has 3 rings (SSSR count). The van der Waals surface area contributed by atoms with Crippen molar-refractivity contribution in [2.45, 2.75) is 45.6 Å². The Balaban J connectivity index is 1.94. The first-order valence-corrected chi connectivity index (χ1v) is 7.91. The molecule has 0 bridgehead atoms. The van der Waals surface area contributed by atoms with Gasteiger partial charge in [0.25, 0.3) is 0 Å². The van der Waals surface area contributed by atoms with Gasteiger partial charge in [0, 0.05) is 9.75 Å². The van der Waals surface area contributed by atoms with Gasteiger partial charge in [-0.2, -0.15) is 0 Å². The van der Waals surface area contributed by atoms with E-state index in [1.54, 1.807) is 10.4 Å². The molecule has 0 saturated heterocycles. The maximum atomic E-state index is 6.49. The minimum atomic E-state index is 0.0381. The van der Waals surface area contributed by atoms with Gasteiger partial charge in [-0.15, -0.1) is 11.3 Å². The molecule has 1 aliphatic rings. The molecule has 2 heteroatoms. The van der Waals surface area contributed by atoms with Crippen LogP contribution in [0.15, 0.2) is 24.3 Å². The fourth-order valence-electron chi connectivity index (χ4n) is 2.99. The molecule has 0 fully saturated rings. The summed E-state index contributed by atoms with van der Waals surface area (Å²) < 4.78 is 0. The topological polar surface area (TPSA) is 26.0 Å². The van der Waals surface area contributed by atoms with Gasteiger partial charge in [-0.3, -0.25) is 0 Å². The molecule has 19 heavy (non-hydrogen) atoms. The van der Waals surface area contributed by atoms with E-state index in [-0.39, 0.29) is 6.04 Å². The first-order chi connectivity index (χ1) is 9.15. The third-order valence-corrected chi connectivity index (χ3v) is 5.40. The minimum absolute atomic E-state index is 0.0381. The number of fused-ring (bicyclic) bond motifs is 1. The second-order valence-corrected chi connectivity index (χ2v) is 6.81. The first-order valence-electron chi connectivity index (χ1n) is 7.09. The zero-order valence-corrected chi connectivity index (χ0v) is 12.5. The molecular formula is C17H21NS. The molecule has 1 nitrogen and oxygen atoms in total. The Kier molecular flexibility index (Phi) is 3.46. The normalized spacial score (nSPS) is 16.2. The molecule has 0 aliphatic heterocycles. The van der Waals surface area contributed by atoms with Crippen LogP contribution in [-0.2, 0) is 12.8 Å². The smallest absolute Gasteiger partial charge is 0.0648 e. The summed E-state index contributed by atoms with van der Waals surface area (Å²) in [5.74, 6) is 0. The Labute approximate surface area is 119 Å². The number of benzene rings is 1. The molecule has 1 aromatic heterocycles. The van der Waals surface area contributed by atoms with Gasteiger partial charge in [-0.1, -0.05) is 23.8 Å². The highest BCUT2D eigenvalue weighted by atomic mass is 32.1. The summed E-state index contributed by atoms with van der Waals surface area (Å²) in [6.07, 6.45) is 5.17. The highest BCUT2D eigenvalue weighted by Gasteiger charge is 2.18. The van der Waals surface area contributed by atoms with Crippen molar-refractivity contribution in [1.29, 1.82) is 0 Å². The van der Waals surface area contributed by atoms with E-state index in [4.69, 9.17) is 5.73 Å². The molecule has 1 unspecified atom stereocenters. The van der Waals surface area contributed by atoms with E-state index in [2.05, 4.69) is 38.1 Å². The standard InChI is InChI=1S/C17H21NS/c1-11-7-8-14(12(2)9-11)17(18)16-10-13-5-3-4-6-15(13)19-16/h7-10,17H,3-6,18H2,1-2H3. The SMILES string of the molecule is Cc1ccc(C(N)c2cc3c(s2)CCCC3)c(C)c1. The summed E-state index contributed by atoms with van der Waals surface area (Å²) in [5.41, 5.74) is 11.9. The van der Waals surface area contributed by atoms with Crippen molar-refractivity contribution in [1.82, 2.24) is 0 Å². The lowest BCUT2D eigenvalue weighted by Gasteiger charge is -2.13. The number of rotatable bonds is 2. The lowest BCUT2D eigenvalue weighted by molar-refractivity contribution is 0.696. The van der Waals surface area contributed by atoms with Gasteiger partial charge in [-0.25, -0.2) is 0 Å². The van der Waals surface area contributed by atoms with E-state index in [1.165, 1.54) is 47.3 Å². The molecule has 0 amide bonds. The maximum absolute atomic E-state index is 6.49. The summed E-state index contributed by atoms with van der Waals surface area (Å²) >= 11 is 1.93. The zero-order valence-electron chi connectivity index (χ0n) is 11.7. The van der Waals surface area contributed by atoms with E-state index in [0.29, 0.717) is 0 Å². The lowest BCUT2D eigenvalue weighted by Crippen LogP contribution is -2.11. The molecule has 2 N–H and O–H groups in total. The van der Waals surface area contributed by atoms with Crippen LogP contribution in [0.4, 0.5) is 0 Å². The molecule has 1 aromatic carbocycles. The zero-order chi connectivity index (χ0) is 13.4. The van der Waals surface area contributed by atoms with Gasteiger partial charge in [0.05, 0.1) is 6.04 Å². The van der Waals surface area contributed by atoms with Crippen molar-refractivity contribution in [3.63, 3.8) is 0 Å². The summed E-state index contributed by atoms with van der Waals surface area (Å²) in [5, 5.41) is 0. The molecule has 0 saturated carbocycles. The second-order valence-electron chi connectivity index (χ2n) is 5.64. The van der Waals surface area contributed by atoms with E-state index in [0.717, 1.165) is 0 Å². The number of thiophene rings is 1. The second kappa shape index (κ2) is 5.10. The average molecular weight is 271 g/mol.